The first-order chi connectivity index (χ1) is 14.5. The van der Waals surface area contributed by atoms with E-state index < -0.39 is 32.6 Å². The minimum Gasteiger partial charge on any atom is -0.340 e. The summed E-state index contributed by atoms with van der Waals surface area (Å²) in [7, 11) is -3.98. The molecule has 3 rings (SSSR count). The molecule has 1 heterocycles. The molecule has 0 aliphatic carbocycles. The van der Waals surface area contributed by atoms with Crippen molar-refractivity contribution < 1.29 is 31.3 Å². The number of nitrogens with zero attached hydrogens (tertiary/aromatic N) is 3. The lowest BCUT2D eigenvalue weighted by Crippen LogP contribution is -2.50. The third-order valence-electron chi connectivity index (χ3n) is 4.87. The Morgan fingerprint density at radius 3 is 2.29 bits per heavy atom. The van der Waals surface area contributed by atoms with Crippen LogP contribution in [0, 0.1) is 10.1 Å². The zero-order valence-electron chi connectivity index (χ0n) is 16.1. The second kappa shape index (κ2) is 8.63. The Morgan fingerprint density at radius 1 is 1.03 bits per heavy atom. The molecule has 1 aliphatic rings. The monoisotopic (exact) mass is 457 g/mol. The van der Waals surface area contributed by atoms with Crippen molar-refractivity contribution in [1.82, 2.24) is 9.21 Å². The molecule has 2 aromatic carbocycles. The summed E-state index contributed by atoms with van der Waals surface area (Å²) in [6.07, 6.45) is -4.74. The van der Waals surface area contributed by atoms with Crippen molar-refractivity contribution >= 4 is 21.6 Å². The number of alkyl halides is 3. The Hall–Kier alpha value is -2.99. The maximum absolute atomic E-state index is 12.8. The average molecular weight is 457 g/mol. The van der Waals surface area contributed by atoms with E-state index in [1.807, 2.05) is 0 Å². The molecule has 166 valence electrons. The lowest BCUT2D eigenvalue weighted by atomic mass is 10.1. The van der Waals surface area contributed by atoms with Crippen molar-refractivity contribution in [3.05, 3.63) is 69.8 Å². The van der Waals surface area contributed by atoms with Gasteiger partial charge in [0.05, 0.1) is 21.8 Å². The molecular formula is C19H18F3N3O5S. The van der Waals surface area contributed by atoms with Crippen molar-refractivity contribution in [1.29, 1.82) is 0 Å². The van der Waals surface area contributed by atoms with Crippen LogP contribution in [-0.4, -0.2) is 54.6 Å². The fourth-order valence-corrected chi connectivity index (χ4v) is 4.69. The Balaban J connectivity index is 1.64. The minimum absolute atomic E-state index is 0.0284. The average Bonchev–Trinajstić information content (AvgIpc) is 2.73. The van der Waals surface area contributed by atoms with Crippen LogP contribution < -0.4 is 0 Å². The summed E-state index contributed by atoms with van der Waals surface area (Å²) in [5, 5.41) is 10.9. The van der Waals surface area contributed by atoms with Crippen molar-refractivity contribution in [3.8, 4) is 0 Å². The van der Waals surface area contributed by atoms with Gasteiger partial charge in [-0.05, 0) is 17.7 Å². The van der Waals surface area contributed by atoms with E-state index in [4.69, 9.17) is 0 Å². The maximum atomic E-state index is 12.8. The predicted molar refractivity (Wildman–Crippen MR) is 104 cm³/mol. The number of hydrogen-bond acceptors (Lipinski definition) is 5. The van der Waals surface area contributed by atoms with Crippen molar-refractivity contribution in [2.45, 2.75) is 17.5 Å². The van der Waals surface area contributed by atoms with Gasteiger partial charge in [-0.3, -0.25) is 14.9 Å². The van der Waals surface area contributed by atoms with Gasteiger partial charge in [-0.1, -0.05) is 24.3 Å². The van der Waals surface area contributed by atoms with E-state index in [-0.39, 0.29) is 48.7 Å². The molecule has 1 aliphatic heterocycles. The van der Waals surface area contributed by atoms with Crippen LogP contribution >= 0.6 is 0 Å². The summed E-state index contributed by atoms with van der Waals surface area (Å²) in [4.78, 5) is 23.8. The van der Waals surface area contributed by atoms with E-state index in [2.05, 4.69) is 0 Å². The van der Waals surface area contributed by atoms with Gasteiger partial charge < -0.3 is 4.90 Å². The van der Waals surface area contributed by atoms with Crippen LogP contribution in [-0.2, 0) is 27.4 Å². The molecule has 0 spiro atoms. The van der Waals surface area contributed by atoms with Crippen LogP contribution in [0.2, 0.25) is 0 Å². The number of benzene rings is 2. The second-order valence-electron chi connectivity index (χ2n) is 6.91. The fraction of sp³-hybridized carbons (Fsp3) is 0.316. The number of rotatable bonds is 5. The van der Waals surface area contributed by atoms with Crippen LogP contribution in [0.5, 0.6) is 0 Å². The SMILES string of the molecule is O=C(Cc1cccc(C(F)(F)F)c1)N1CCN(S(=O)(=O)c2cccc([N+](=O)[O-])c2)CC1. The molecule has 0 bridgehead atoms. The summed E-state index contributed by atoms with van der Waals surface area (Å²) in [5.41, 5.74) is -0.979. The summed E-state index contributed by atoms with van der Waals surface area (Å²) in [6.45, 7) is 0.0661. The highest BCUT2D eigenvalue weighted by atomic mass is 32.2. The number of hydrogen-bond donors (Lipinski definition) is 0. The Labute approximate surface area is 176 Å². The van der Waals surface area contributed by atoms with E-state index >= 15 is 0 Å². The summed E-state index contributed by atoms with van der Waals surface area (Å²) >= 11 is 0. The van der Waals surface area contributed by atoms with Gasteiger partial charge in [-0.15, -0.1) is 0 Å². The van der Waals surface area contributed by atoms with Gasteiger partial charge in [-0.2, -0.15) is 17.5 Å². The molecule has 0 atom stereocenters. The van der Waals surface area contributed by atoms with Crippen LogP contribution in [0.3, 0.4) is 0 Å². The van der Waals surface area contributed by atoms with Crippen molar-refractivity contribution in [2.75, 3.05) is 26.2 Å². The molecule has 1 saturated heterocycles. The lowest BCUT2D eigenvalue weighted by Gasteiger charge is -2.34. The predicted octanol–water partition coefficient (Wildman–Crippen LogP) is 2.69. The molecule has 8 nitrogen and oxygen atoms in total. The Morgan fingerprint density at radius 2 is 1.68 bits per heavy atom. The number of halogens is 3. The molecule has 31 heavy (non-hydrogen) atoms. The van der Waals surface area contributed by atoms with E-state index in [9.17, 15) is 36.5 Å². The third-order valence-corrected chi connectivity index (χ3v) is 6.76. The Bertz CT molecular complexity index is 1100. The minimum atomic E-state index is -4.51. The molecule has 0 aromatic heterocycles. The van der Waals surface area contributed by atoms with Gasteiger partial charge in [0.15, 0.2) is 0 Å². The number of carbonyl (C=O) groups excluding carboxylic acids is 1. The van der Waals surface area contributed by atoms with Gasteiger partial charge in [0.2, 0.25) is 15.9 Å². The normalized spacial score (nSPS) is 15.6. The van der Waals surface area contributed by atoms with E-state index in [0.29, 0.717) is 0 Å². The molecule has 0 saturated carbocycles. The molecule has 1 amide bonds. The number of nitro groups is 1. The quantitative estimate of drug-likeness (QED) is 0.508. The van der Waals surface area contributed by atoms with Gasteiger partial charge >= 0.3 is 6.18 Å². The lowest BCUT2D eigenvalue weighted by molar-refractivity contribution is -0.385. The van der Waals surface area contributed by atoms with Gasteiger partial charge in [0, 0.05) is 38.3 Å². The van der Waals surface area contributed by atoms with Crippen LogP contribution in [0.15, 0.2) is 53.4 Å². The summed E-state index contributed by atoms with van der Waals surface area (Å²) in [5.74, 6) is -0.410. The maximum Gasteiger partial charge on any atom is 0.416 e. The van der Waals surface area contributed by atoms with E-state index in [1.165, 1.54) is 35.2 Å². The zero-order chi connectivity index (χ0) is 22.8. The molecular weight excluding hydrogens is 439 g/mol. The van der Waals surface area contributed by atoms with E-state index in [1.54, 1.807) is 0 Å². The first-order valence-corrected chi connectivity index (χ1v) is 10.6. The largest absolute Gasteiger partial charge is 0.416 e. The molecule has 12 heteroatoms. The van der Waals surface area contributed by atoms with E-state index in [0.717, 1.165) is 22.5 Å². The molecule has 0 N–H and O–H groups in total. The number of piperazine rings is 1. The first kappa shape index (κ1) is 22.7. The topological polar surface area (TPSA) is 101 Å². The first-order valence-electron chi connectivity index (χ1n) is 9.17. The number of amides is 1. The van der Waals surface area contributed by atoms with Gasteiger partial charge in [0.1, 0.15) is 0 Å². The number of sulfonamides is 1. The van der Waals surface area contributed by atoms with Gasteiger partial charge in [0.25, 0.3) is 5.69 Å². The Kier molecular flexibility index (Phi) is 6.32. The molecule has 0 radical (unpaired) electrons. The molecule has 0 unspecified atom stereocenters. The zero-order valence-corrected chi connectivity index (χ0v) is 16.9. The van der Waals surface area contributed by atoms with Gasteiger partial charge in [-0.25, -0.2) is 8.42 Å². The number of carbonyl (C=O) groups is 1. The highest BCUT2D eigenvalue weighted by Gasteiger charge is 2.32. The fourth-order valence-electron chi connectivity index (χ4n) is 3.23. The summed E-state index contributed by atoms with van der Waals surface area (Å²) in [6, 6.07) is 9.19. The van der Waals surface area contributed by atoms with Crippen LogP contribution in [0.4, 0.5) is 18.9 Å². The number of nitro benzene ring substituents is 1. The second-order valence-corrected chi connectivity index (χ2v) is 8.85. The molecule has 1 fully saturated rings. The van der Waals surface area contributed by atoms with Crippen LogP contribution in [0.1, 0.15) is 11.1 Å². The van der Waals surface area contributed by atoms with Crippen molar-refractivity contribution in [2.24, 2.45) is 0 Å². The molecule has 2 aromatic rings. The highest BCUT2D eigenvalue weighted by molar-refractivity contribution is 7.89. The highest BCUT2D eigenvalue weighted by Crippen LogP contribution is 2.29. The third kappa shape index (κ3) is 5.20. The number of non-ortho nitro benzene ring substituents is 1. The van der Waals surface area contributed by atoms with Crippen molar-refractivity contribution in [3.63, 3.8) is 0 Å². The smallest absolute Gasteiger partial charge is 0.340 e. The summed E-state index contributed by atoms with van der Waals surface area (Å²) < 4.78 is 65.1. The standard InChI is InChI=1S/C19H18F3N3O5S/c20-19(21,22)15-4-1-3-14(11-15)12-18(26)23-7-9-24(10-8-23)31(29,30)17-6-2-5-16(13-17)25(27)28/h1-6,11,13H,7-10,12H2. The van der Waals surface area contributed by atoms with Crippen LogP contribution in [0.25, 0.3) is 0 Å².